The molecule has 2 N–H and O–H groups in total. The van der Waals surface area contributed by atoms with Crippen LogP contribution in [-0.2, 0) is 27.4 Å². The number of aryl methyl sites for hydroxylation is 1. The first kappa shape index (κ1) is 33.0. The van der Waals surface area contributed by atoms with E-state index in [1.165, 1.54) is 19.3 Å². The predicted molar refractivity (Wildman–Crippen MR) is 171 cm³/mol. The molecule has 0 amide bonds. The average molecular weight is 589 g/mol. The van der Waals surface area contributed by atoms with Crippen molar-refractivity contribution in [1.29, 1.82) is 0 Å². The minimum Gasteiger partial charge on any atom is -0.489 e. The fourth-order valence-corrected chi connectivity index (χ4v) is 5.60. The second-order valence-corrected chi connectivity index (χ2v) is 11.9. The van der Waals surface area contributed by atoms with Crippen molar-refractivity contribution in [1.82, 2.24) is 4.98 Å². The fraction of sp³-hybridized carbons (Fsp3) is 0.400. The monoisotopic (exact) mass is 588 g/mol. The number of thiazole rings is 1. The topological polar surface area (TPSA) is 91.5 Å². The number of aldehydes is 1. The number of benzene rings is 2. The highest BCUT2D eigenvalue weighted by Gasteiger charge is 2.15. The first-order valence-corrected chi connectivity index (χ1v) is 15.6. The van der Waals surface area contributed by atoms with Crippen molar-refractivity contribution in [2.24, 2.45) is 11.7 Å². The summed E-state index contributed by atoms with van der Waals surface area (Å²) in [7, 11) is 0. The number of aromatic nitrogens is 1. The van der Waals surface area contributed by atoms with Gasteiger partial charge in [0.2, 0.25) is 0 Å². The van der Waals surface area contributed by atoms with Gasteiger partial charge in [-0.05, 0) is 87.9 Å². The third-order valence-electron chi connectivity index (χ3n) is 7.04. The van der Waals surface area contributed by atoms with Crippen LogP contribution < -0.4 is 10.5 Å². The van der Waals surface area contributed by atoms with Crippen LogP contribution in [0.5, 0.6) is 5.75 Å². The van der Waals surface area contributed by atoms with Crippen LogP contribution in [0.2, 0.25) is 0 Å². The van der Waals surface area contributed by atoms with Gasteiger partial charge in [0.1, 0.15) is 23.7 Å². The van der Waals surface area contributed by atoms with E-state index in [9.17, 15) is 9.59 Å². The number of ether oxygens (including phenoxy) is 2. The van der Waals surface area contributed by atoms with E-state index in [-0.39, 0.29) is 12.0 Å². The molecule has 2 aromatic carbocycles. The van der Waals surface area contributed by atoms with Gasteiger partial charge in [-0.25, -0.2) is 9.78 Å². The Morgan fingerprint density at radius 2 is 1.74 bits per heavy atom. The van der Waals surface area contributed by atoms with Gasteiger partial charge in [0, 0.05) is 16.4 Å². The molecule has 1 atom stereocenters. The highest BCUT2D eigenvalue weighted by Crippen LogP contribution is 2.27. The summed E-state index contributed by atoms with van der Waals surface area (Å²) in [4.78, 5) is 27.8. The molecule has 0 aliphatic heterocycles. The zero-order chi connectivity index (χ0) is 30.3. The number of rotatable bonds is 11. The summed E-state index contributed by atoms with van der Waals surface area (Å²) in [5.41, 5.74) is 11.1. The lowest BCUT2D eigenvalue weighted by Crippen LogP contribution is -2.13. The molecule has 0 saturated heterocycles. The van der Waals surface area contributed by atoms with Gasteiger partial charge in [-0.2, -0.15) is 0 Å². The number of esters is 1. The van der Waals surface area contributed by atoms with E-state index in [2.05, 4.69) is 12.1 Å². The van der Waals surface area contributed by atoms with Crippen molar-refractivity contribution < 1.29 is 19.1 Å². The Balaban J connectivity index is 0.000000521. The van der Waals surface area contributed by atoms with Crippen molar-refractivity contribution >= 4 is 29.7 Å². The molecule has 0 bridgehead atoms. The summed E-state index contributed by atoms with van der Waals surface area (Å²) >= 11 is 1.61. The fourth-order valence-electron chi connectivity index (χ4n) is 4.70. The van der Waals surface area contributed by atoms with Crippen molar-refractivity contribution in [3.8, 4) is 5.75 Å². The quantitative estimate of drug-likeness (QED) is 0.106. The number of hydrogen-bond acceptors (Lipinski definition) is 7. The number of carbonyl (C=O) groups excluding carboxylic acids is 2. The minimum atomic E-state index is -0.301. The van der Waals surface area contributed by atoms with Crippen molar-refractivity contribution in [3.05, 3.63) is 98.5 Å². The number of hydrogen-bond donors (Lipinski definition) is 1. The molecule has 1 aliphatic rings. The van der Waals surface area contributed by atoms with Crippen LogP contribution in [0.15, 0.2) is 71.8 Å². The lowest BCUT2D eigenvalue weighted by Gasteiger charge is -2.14. The highest BCUT2D eigenvalue weighted by molar-refractivity contribution is 7.11. The summed E-state index contributed by atoms with van der Waals surface area (Å²) in [5.74, 6) is 0.938. The largest absolute Gasteiger partial charge is 0.489 e. The summed E-state index contributed by atoms with van der Waals surface area (Å²) in [5, 5.41) is 0.895. The summed E-state index contributed by atoms with van der Waals surface area (Å²) in [6, 6.07) is 18.0. The molecule has 0 spiro atoms. The molecule has 0 radical (unpaired) electrons. The molecule has 1 aromatic heterocycles. The Bertz CT molecular complexity index is 1320. The molecule has 3 aromatic rings. The SMILES string of the molecule is CCOC(=O)/C(C)=C\C(C)=C\c1nc([C@@H](N)Cc2ccc(OCc3ccccc3)cc2)sc1C.O=CC1CCCCC1. The molecule has 6 nitrogen and oxygen atoms in total. The second-order valence-electron chi connectivity index (χ2n) is 10.7. The predicted octanol–water partition coefficient (Wildman–Crippen LogP) is 7.95. The van der Waals surface area contributed by atoms with E-state index in [0.29, 0.717) is 31.1 Å². The lowest BCUT2D eigenvalue weighted by atomic mass is 9.91. The molecule has 1 heterocycles. The Morgan fingerprint density at radius 3 is 2.36 bits per heavy atom. The summed E-state index contributed by atoms with van der Waals surface area (Å²) < 4.78 is 10.9. The number of nitrogens with zero attached hydrogens (tertiary/aromatic N) is 1. The molecular formula is C35H44N2O4S. The Morgan fingerprint density at radius 1 is 1.05 bits per heavy atom. The van der Waals surface area contributed by atoms with E-state index in [1.807, 2.05) is 68.5 Å². The van der Waals surface area contributed by atoms with Gasteiger partial charge in [0.25, 0.3) is 0 Å². The van der Waals surface area contributed by atoms with E-state index < -0.39 is 0 Å². The zero-order valence-electron chi connectivity index (χ0n) is 25.3. The van der Waals surface area contributed by atoms with E-state index in [0.717, 1.165) is 57.2 Å². The van der Waals surface area contributed by atoms with Gasteiger partial charge in [-0.1, -0.05) is 61.7 Å². The maximum absolute atomic E-state index is 11.8. The average Bonchev–Trinajstić information content (AvgIpc) is 3.37. The first-order chi connectivity index (χ1) is 20.3. The summed E-state index contributed by atoms with van der Waals surface area (Å²) in [6.07, 6.45) is 11.8. The van der Waals surface area contributed by atoms with Gasteiger partial charge >= 0.3 is 5.97 Å². The molecule has 4 rings (SSSR count). The standard InChI is InChI=1S/C28H32N2O3S.C7H12O/c1-5-32-28(31)20(3)15-19(2)16-26-21(4)34-27(30-26)25(29)17-22-11-13-24(14-12-22)33-18-23-9-7-6-8-10-23;8-6-7-4-2-1-3-5-7/h6-16,25H,5,17-18,29H2,1-4H3;6-7H,1-5H2/b19-16+,20-15-;/t25-;/m0./s1. The molecule has 7 heteroatoms. The Kier molecular flexibility index (Phi) is 13.7. The van der Waals surface area contributed by atoms with Gasteiger partial charge in [0.05, 0.1) is 18.3 Å². The molecule has 1 saturated carbocycles. The number of carbonyl (C=O) groups is 2. The third-order valence-corrected chi connectivity index (χ3v) is 8.16. The lowest BCUT2D eigenvalue weighted by molar-refractivity contribution is -0.138. The van der Waals surface area contributed by atoms with E-state index in [1.54, 1.807) is 25.2 Å². The van der Waals surface area contributed by atoms with Crippen LogP contribution >= 0.6 is 11.3 Å². The molecule has 0 unspecified atom stereocenters. The zero-order valence-corrected chi connectivity index (χ0v) is 26.1. The van der Waals surface area contributed by atoms with Crippen LogP contribution in [0.4, 0.5) is 0 Å². The maximum atomic E-state index is 11.8. The van der Waals surface area contributed by atoms with Gasteiger partial charge in [-0.3, -0.25) is 0 Å². The van der Waals surface area contributed by atoms with Gasteiger partial charge in [-0.15, -0.1) is 11.3 Å². The Hall–Kier alpha value is -3.55. The summed E-state index contributed by atoms with van der Waals surface area (Å²) in [6.45, 7) is 8.44. The van der Waals surface area contributed by atoms with E-state index in [4.69, 9.17) is 20.2 Å². The molecule has 1 aliphatic carbocycles. The van der Waals surface area contributed by atoms with Crippen LogP contribution in [0, 0.1) is 12.8 Å². The second kappa shape index (κ2) is 17.4. The normalized spacial score (nSPS) is 14.9. The molecule has 224 valence electrons. The van der Waals surface area contributed by atoms with Crippen LogP contribution in [-0.4, -0.2) is 23.8 Å². The highest BCUT2D eigenvalue weighted by atomic mass is 32.1. The van der Waals surface area contributed by atoms with Crippen LogP contribution in [0.1, 0.15) is 85.6 Å². The van der Waals surface area contributed by atoms with E-state index >= 15 is 0 Å². The van der Waals surface area contributed by atoms with Crippen molar-refractivity contribution in [2.75, 3.05) is 6.61 Å². The number of allylic oxidation sites excluding steroid dienone is 2. The van der Waals surface area contributed by atoms with Crippen LogP contribution in [0.25, 0.3) is 6.08 Å². The van der Waals surface area contributed by atoms with Gasteiger partial charge in [0.15, 0.2) is 0 Å². The first-order valence-electron chi connectivity index (χ1n) is 14.8. The van der Waals surface area contributed by atoms with Crippen molar-refractivity contribution in [2.45, 2.75) is 78.9 Å². The minimum absolute atomic E-state index is 0.195. The number of nitrogens with two attached hydrogens (primary N) is 1. The maximum Gasteiger partial charge on any atom is 0.333 e. The molecular weight excluding hydrogens is 544 g/mol. The molecule has 1 fully saturated rings. The van der Waals surface area contributed by atoms with Crippen molar-refractivity contribution in [3.63, 3.8) is 0 Å². The smallest absolute Gasteiger partial charge is 0.333 e. The molecule has 42 heavy (non-hydrogen) atoms. The Labute approximate surface area is 254 Å². The third kappa shape index (κ3) is 11.0. The van der Waals surface area contributed by atoms with Crippen LogP contribution in [0.3, 0.4) is 0 Å². The van der Waals surface area contributed by atoms with Gasteiger partial charge < -0.3 is 20.0 Å².